The van der Waals surface area contributed by atoms with Crippen molar-refractivity contribution < 1.29 is 19.3 Å². The van der Waals surface area contributed by atoms with Gasteiger partial charge in [0.25, 0.3) is 11.6 Å². The molecule has 34 heavy (non-hydrogen) atoms. The number of anilines is 2. The lowest BCUT2D eigenvalue weighted by molar-refractivity contribution is -0.384. The van der Waals surface area contributed by atoms with Crippen molar-refractivity contribution >= 4 is 44.8 Å². The van der Waals surface area contributed by atoms with Crippen LogP contribution in [-0.2, 0) is 20.8 Å². The van der Waals surface area contributed by atoms with Crippen LogP contribution in [0.25, 0.3) is 0 Å². The molecule has 2 saturated heterocycles. The van der Waals surface area contributed by atoms with Crippen molar-refractivity contribution in [3.05, 3.63) is 98.5 Å². The zero-order chi connectivity index (χ0) is 24.0. The molecule has 0 aliphatic carbocycles. The van der Waals surface area contributed by atoms with Crippen LogP contribution in [0.5, 0.6) is 0 Å². The van der Waals surface area contributed by atoms with E-state index in [1.165, 1.54) is 22.1 Å². The molecule has 2 heterocycles. The van der Waals surface area contributed by atoms with Gasteiger partial charge in [-0.15, -0.1) is 0 Å². The Bertz CT molecular complexity index is 1260. The number of amides is 2. The molecule has 0 bridgehead atoms. The number of non-ortho nitro benzene ring substituents is 1. The van der Waals surface area contributed by atoms with E-state index < -0.39 is 28.9 Å². The van der Waals surface area contributed by atoms with Gasteiger partial charge in [-0.25, -0.2) is 9.96 Å². The van der Waals surface area contributed by atoms with Gasteiger partial charge in [-0.2, -0.15) is 0 Å². The Balaban J connectivity index is 1.56. The van der Waals surface area contributed by atoms with Crippen molar-refractivity contribution in [2.24, 2.45) is 5.92 Å². The predicted octanol–water partition coefficient (Wildman–Crippen LogP) is 4.97. The smallest absolute Gasteiger partial charge is 0.269 e. The molecule has 2 fully saturated rings. The Kier molecular flexibility index (Phi) is 5.66. The van der Waals surface area contributed by atoms with E-state index in [-0.39, 0.29) is 11.6 Å². The lowest BCUT2D eigenvalue weighted by Crippen LogP contribution is -2.37. The van der Waals surface area contributed by atoms with Crippen molar-refractivity contribution in [3.8, 4) is 0 Å². The SMILES string of the molecule is CCc1ccc([C@H]2[C@@H]3C(=O)N(c4ccc(Br)cc4)C(=O)[C@H]3ON2c2ccc([N+](=O)[O-])cc2)cc1. The summed E-state index contributed by atoms with van der Waals surface area (Å²) in [5, 5.41) is 12.6. The standard InChI is InChI=1S/C25H20BrN3O5/c1-2-15-3-5-16(6-4-15)22-21-23(34-28(22)19-11-13-20(14-12-19)29(32)33)25(31)27(24(21)30)18-9-7-17(26)8-10-18/h3-14,21-23H,2H2,1H3/t21-,22-,23-/m0/s1. The summed E-state index contributed by atoms with van der Waals surface area (Å²) in [5.74, 6) is -1.54. The second kappa shape index (κ2) is 8.66. The van der Waals surface area contributed by atoms with Crippen molar-refractivity contribution in [3.63, 3.8) is 0 Å². The fraction of sp³-hybridized carbons (Fsp3) is 0.200. The molecular weight excluding hydrogens is 502 g/mol. The second-order valence-electron chi connectivity index (χ2n) is 8.18. The van der Waals surface area contributed by atoms with Crippen LogP contribution in [0.3, 0.4) is 0 Å². The monoisotopic (exact) mass is 521 g/mol. The Morgan fingerprint density at radius 1 is 0.912 bits per heavy atom. The van der Waals surface area contributed by atoms with Crippen molar-refractivity contribution in [1.29, 1.82) is 0 Å². The zero-order valence-electron chi connectivity index (χ0n) is 18.1. The number of benzene rings is 3. The molecule has 0 aromatic heterocycles. The van der Waals surface area contributed by atoms with Crippen LogP contribution < -0.4 is 9.96 Å². The molecule has 5 rings (SSSR count). The van der Waals surface area contributed by atoms with E-state index in [0.717, 1.165) is 22.0 Å². The van der Waals surface area contributed by atoms with Crippen molar-refractivity contribution in [2.75, 3.05) is 9.96 Å². The van der Waals surface area contributed by atoms with Gasteiger partial charge in [-0.3, -0.25) is 24.5 Å². The largest absolute Gasteiger partial charge is 0.273 e. The minimum atomic E-state index is -0.998. The molecule has 3 aromatic rings. The van der Waals surface area contributed by atoms with Gasteiger partial charge in [-0.05, 0) is 53.9 Å². The Labute approximate surface area is 204 Å². The third-order valence-electron chi connectivity index (χ3n) is 6.24. The maximum absolute atomic E-state index is 13.6. The minimum absolute atomic E-state index is 0.0550. The molecular formula is C25H20BrN3O5. The molecule has 0 N–H and O–H groups in total. The fourth-order valence-electron chi connectivity index (χ4n) is 4.49. The van der Waals surface area contributed by atoms with Crippen LogP contribution in [0.1, 0.15) is 24.1 Å². The first-order valence-electron chi connectivity index (χ1n) is 10.8. The Hall–Kier alpha value is -3.56. The summed E-state index contributed by atoms with van der Waals surface area (Å²) in [5.41, 5.74) is 2.92. The van der Waals surface area contributed by atoms with Crippen molar-refractivity contribution in [2.45, 2.75) is 25.5 Å². The molecule has 0 radical (unpaired) electrons. The first-order chi connectivity index (χ1) is 16.4. The number of fused-ring (bicyclic) bond motifs is 1. The summed E-state index contributed by atoms with van der Waals surface area (Å²) in [4.78, 5) is 44.8. The number of imide groups is 1. The summed E-state index contributed by atoms with van der Waals surface area (Å²) in [6.07, 6.45) is -0.129. The first-order valence-corrected chi connectivity index (χ1v) is 11.6. The van der Waals surface area contributed by atoms with Gasteiger partial charge < -0.3 is 0 Å². The number of nitro groups is 1. The third kappa shape index (κ3) is 3.66. The molecule has 2 amide bonds. The van der Waals surface area contributed by atoms with E-state index in [1.807, 2.05) is 24.3 Å². The molecule has 3 aromatic carbocycles. The van der Waals surface area contributed by atoms with Crippen LogP contribution in [0, 0.1) is 16.0 Å². The molecule has 0 unspecified atom stereocenters. The first kappa shape index (κ1) is 22.2. The summed E-state index contributed by atoms with van der Waals surface area (Å²) >= 11 is 3.37. The van der Waals surface area contributed by atoms with E-state index in [1.54, 1.807) is 36.4 Å². The number of hydroxylamine groups is 1. The highest BCUT2D eigenvalue weighted by Crippen LogP contribution is 2.47. The quantitative estimate of drug-likeness (QED) is 0.267. The van der Waals surface area contributed by atoms with E-state index >= 15 is 0 Å². The van der Waals surface area contributed by atoms with E-state index in [0.29, 0.717) is 11.4 Å². The van der Waals surface area contributed by atoms with Gasteiger partial charge >= 0.3 is 0 Å². The maximum Gasteiger partial charge on any atom is 0.269 e. The van der Waals surface area contributed by atoms with Gasteiger partial charge in [0.1, 0.15) is 5.92 Å². The Morgan fingerprint density at radius 3 is 2.12 bits per heavy atom. The summed E-state index contributed by atoms with van der Waals surface area (Å²) in [6, 6.07) is 20.1. The number of aryl methyl sites for hydroxylation is 1. The number of hydrogen-bond donors (Lipinski definition) is 0. The summed E-state index contributed by atoms with van der Waals surface area (Å²) in [6.45, 7) is 2.06. The highest BCUT2D eigenvalue weighted by molar-refractivity contribution is 9.10. The minimum Gasteiger partial charge on any atom is -0.273 e. The summed E-state index contributed by atoms with van der Waals surface area (Å²) in [7, 11) is 0. The fourth-order valence-corrected chi connectivity index (χ4v) is 4.76. The van der Waals surface area contributed by atoms with Gasteiger partial charge in [0.05, 0.1) is 22.3 Å². The number of rotatable bonds is 5. The molecule has 0 saturated carbocycles. The van der Waals surface area contributed by atoms with Gasteiger partial charge in [-0.1, -0.05) is 47.1 Å². The van der Waals surface area contributed by atoms with Crippen LogP contribution in [0.15, 0.2) is 77.3 Å². The molecule has 172 valence electrons. The van der Waals surface area contributed by atoms with Crippen LogP contribution in [0.2, 0.25) is 0 Å². The molecule has 0 spiro atoms. The van der Waals surface area contributed by atoms with Gasteiger partial charge in [0.15, 0.2) is 6.10 Å². The molecule has 9 heteroatoms. The average Bonchev–Trinajstić information content (AvgIpc) is 3.36. The molecule has 2 aliphatic rings. The van der Waals surface area contributed by atoms with Crippen molar-refractivity contribution in [1.82, 2.24) is 0 Å². The van der Waals surface area contributed by atoms with E-state index in [2.05, 4.69) is 22.9 Å². The second-order valence-corrected chi connectivity index (χ2v) is 9.10. The topological polar surface area (TPSA) is 93.0 Å². The predicted molar refractivity (Wildman–Crippen MR) is 129 cm³/mol. The van der Waals surface area contributed by atoms with Gasteiger partial charge in [0.2, 0.25) is 5.91 Å². The van der Waals surface area contributed by atoms with Crippen LogP contribution in [0.4, 0.5) is 17.1 Å². The zero-order valence-corrected chi connectivity index (χ0v) is 19.7. The lowest BCUT2D eigenvalue weighted by Gasteiger charge is -2.28. The number of halogens is 1. The highest BCUT2D eigenvalue weighted by Gasteiger charge is 2.60. The van der Waals surface area contributed by atoms with E-state index in [9.17, 15) is 19.7 Å². The molecule has 8 nitrogen and oxygen atoms in total. The highest BCUT2D eigenvalue weighted by atomic mass is 79.9. The number of nitrogens with zero attached hydrogens (tertiary/aromatic N) is 3. The van der Waals surface area contributed by atoms with Crippen LogP contribution >= 0.6 is 15.9 Å². The molecule has 2 aliphatic heterocycles. The van der Waals surface area contributed by atoms with Gasteiger partial charge in [0, 0.05) is 16.6 Å². The third-order valence-corrected chi connectivity index (χ3v) is 6.77. The normalized spacial score (nSPS) is 21.8. The number of nitro benzene ring substituents is 1. The number of hydrogen-bond acceptors (Lipinski definition) is 6. The number of carbonyl (C=O) groups excluding carboxylic acids is 2. The van der Waals surface area contributed by atoms with Crippen LogP contribution in [-0.4, -0.2) is 22.8 Å². The lowest BCUT2D eigenvalue weighted by atomic mass is 9.90. The maximum atomic E-state index is 13.6. The Morgan fingerprint density at radius 2 is 1.53 bits per heavy atom. The average molecular weight is 522 g/mol. The summed E-state index contributed by atoms with van der Waals surface area (Å²) < 4.78 is 0.838. The molecule has 3 atom stereocenters. The van der Waals surface area contributed by atoms with E-state index in [4.69, 9.17) is 4.84 Å². The number of carbonyl (C=O) groups is 2.